The smallest absolute Gasteiger partial charge is 0.0991 e. The molecule has 0 aromatic heterocycles. The fraction of sp³-hybridized carbons (Fsp3) is 0.125. The average Bonchev–Trinajstić information content (AvgIpc) is 1.95. The molecule has 2 heteroatoms. The van der Waals surface area contributed by atoms with Crippen molar-refractivity contribution in [2.24, 2.45) is 0 Å². The van der Waals surface area contributed by atoms with Gasteiger partial charge in [-0.25, -0.2) is 0 Å². The van der Waals surface area contributed by atoms with Gasteiger partial charge in [-0.15, -0.1) is 0 Å². The van der Waals surface area contributed by atoms with Crippen LogP contribution in [0.4, 0.5) is 5.69 Å². The lowest BCUT2D eigenvalue weighted by Crippen LogP contribution is -1.79. The molecule has 0 aliphatic carbocycles. The summed E-state index contributed by atoms with van der Waals surface area (Å²) in [7, 11) is 0. The first kappa shape index (κ1) is 6.63. The zero-order valence-electron chi connectivity index (χ0n) is 5.68. The largest absolute Gasteiger partial charge is 0.301 e. The van der Waals surface area contributed by atoms with Crippen LogP contribution in [0.1, 0.15) is 11.1 Å². The van der Waals surface area contributed by atoms with Crippen molar-refractivity contribution in [1.82, 2.24) is 5.73 Å². The van der Waals surface area contributed by atoms with Gasteiger partial charge in [0.25, 0.3) is 0 Å². The molecule has 0 saturated carbocycles. The molecular formula is C8H7N2. The van der Waals surface area contributed by atoms with E-state index in [-0.39, 0.29) is 0 Å². The quantitative estimate of drug-likeness (QED) is 0.529. The number of hydrogen-bond acceptors (Lipinski definition) is 1. The second-order valence-corrected chi connectivity index (χ2v) is 2.14. The van der Waals surface area contributed by atoms with E-state index in [4.69, 9.17) is 11.0 Å². The molecule has 0 aliphatic rings. The lowest BCUT2D eigenvalue weighted by atomic mass is 10.1. The Morgan fingerprint density at radius 3 is 2.70 bits per heavy atom. The van der Waals surface area contributed by atoms with E-state index in [1.807, 2.05) is 13.0 Å². The van der Waals surface area contributed by atoms with Gasteiger partial charge in [-0.2, -0.15) is 5.26 Å². The van der Waals surface area contributed by atoms with E-state index in [1.54, 1.807) is 18.2 Å². The van der Waals surface area contributed by atoms with Crippen molar-refractivity contribution in [2.45, 2.75) is 6.92 Å². The lowest BCUT2D eigenvalue weighted by molar-refractivity contribution is 1.35. The Bertz CT molecular complexity index is 284. The summed E-state index contributed by atoms with van der Waals surface area (Å²) in [5, 5.41) is 8.44. The van der Waals surface area contributed by atoms with Gasteiger partial charge in [0.05, 0.1) is 17.3 Å². The monoisotopic (exact) mass is 131 g/mol. The van der Waals surface area contributed by atoms with Crippen molar-refractivity contribution >= 4 is 5.69 Å². The topological polar surface area (TPSA) is 47.6 Å². The molecule has 0 saturated heterocycles. The van der Waals surface area contributed by atoms with Gasteiger partial charge in [-0.05, 0) is 30.7 Å². The van der Waals surface area contributed by atoms with Crippen LogP contribution in [0.15, 0.2) is 18.2 Å². The van der Waals surface area contributed by atoms with Crippen LogP contribution in [0.2, 0.25) is 0 Å². The summed E-state index contributed by atoms with van der Waals surface area (Å²) < 4.78 is 0. The van der Waals surface area contributed by atoms with Crippen LogP contribution >= 0.6 is 0 Å². The summed E-state index contributed by atoms with van der Waals surface area (Å²) in [6.07, 6.45) is 0. The molecule has 49 valence electrons. The highest BCUT2D eigenvalue weighted by atomic mass is 14.5. The van der Waals surface area contributed by atoms with Gasteiger partial charge in [-0.1, -0.05) is 0 Å². The van der Waals surface area contributed by atoms with Crippen LogP contribution in [-0.4, -0.2) is 0 Å². The van der Waals surface area contributed by atoms with Crippen LogP contribution in [0, 0.1) is 18.3 Å². The lowest BCUT2D eigenvalue weighted by Gasteiger charge is -1.95. The minimum absolute atomic E-state index is 0.485. The molecule has 1 rings (SSSR count). The molecule has 1 aromatic rings. The molecule has 1 radical (unpaired) electrons. The van der Waals surface area contributed by atoms with Crippen molar-refractivity contribution in [3.8, 4) is 6.07 Å². The van der Waals surface area contributed by atoms with Crippen molar-refractivity contribution < 1.29 is 0 Å². The van der Waals surface area contributed by atoms with Gasteiger partial charge in [0, 0.05) is 0 Å². The Morgan fingerprint density at radius 2 is 2.20 bits per heavy atom. The number of nitrogens with one attached hydrogen (secondary N) is 1. The molecule has 0 amide bonds. The number of hydrogen-bond donors (Lipinski definition) is 0. The van der Waals surface area contributed by atoms with Gasteiger partial charge < -0.3 is 5.73 Å². The Kier molecular flexibility index (Phi) is 1.59. The summed E-state index contributed by atoms with van der Waals surface area (Å²) in [4.78, 5) is 0. The van der Waals surface area contributed by atoms with E-state index >= 15 is 0 Å². The normalized spacial score (nSPS) is 8.80. The number of benzene rings is 1. The Balaban J connectivity index is 3.20. The predicted octanol–water partition coefficient (Wildman–Crippen LogP) is 1.78. The number of nitriles is 1. The third-order valence-electron chi connectivity index (χ3n) is 1.36. The summed E-state index contributed by atoms with van der Waals surface area (Å²) in [5.41, 5.74) is 9.23. The van der Waals surface area contributed by atoms with Crippen LogP contribution in [0.3, 0.4) is 0 Å². The van der Waals surface area contributed by atoms with Crippen LogP contribution in [0.25, 0.3) is 0 Å². The van der Waals surface area contributed by atoms with Crippen molar-refractivity contribution in [2.75, 3.05) is 0 Å². The highest BCUT2D eigenvalue weighted by Crippen LogP contribution is 2.12. The number of rotatable bonds is 0. The Hall–Kier alpha value is -1.49. The molecule has 0 aliphatic heterocycles. The van der Waals surface area contributed by atoms with Gasteiger partial charge >= 0.3 is 0 Å². The molecule has 0 unspecified atom stereocenters. The average molecular weight is 131 g/mol. The number of aryl methyl sites for hydroxylation is 1. The Morgan fingerprint density at radius 1 is 1.50 bits per heavy atom. The molecular weight excluding hydrogens is 124 g/mol. The van der Waals surface area contributed by atoms with Crippen molar-refractivity contribution in [3.63, 3.8) is 0 Å². The molecule has 0 atom stereocenters. The zero-order valence-corrected chi connectivity index (χ0v) is 5.68. The fourth-order valence-electron chi connectivity index (χ4n) is 0.733. The maximum atomic E-state index is 8.44. The van der Waals surface area contributed by atoms with Gasteiger partial charge in [0.2, 0.25) is 0 Å². The van der Waals surface area contributed by atoms with E-state index < -0.39 is 0 Å². The first-order chi connectivity index (χ1) is 4.74. The highest BCUT2D eigenvalue weighted by Gasteiger charge is 1.93. The van der Waals surface area contributed by atoms with Crippen LogP contribution in [0.5, 0.6) is 0 Å². The maximum absolute atomic E-state index is 8.44. The molecule has 1 N–H and O–H groups in total. The predicted molar refractivity (Wildman–Crippen MR) is 38.7 cm³/mol. The zero-order chi connectivity index (χ0) is 7.56. The third-order valence-corrected chi connectivity index (χ3v) is 1.36. The first-order valence-corrected chi connectivity index (χ1v) is 2.96. The van der Waals surface area contributed by atoms with Gasteiger partial charge in [-0.3, -0.25) is 0 Å². The Labute approximate surface area is 59.9 Å². The summed E-state index contributed by atoms with van der Waals surface area (Å²) >= 11 is 0. The summed E-state index contributed by atoms with van der Waals surface area (Å²) in [6.45, 7) is 1.82. The fourth-order valence-corrected chi connectivity index (χ4v) is 0.733. The molecule has 0 heterocycles. The minimum Gasteiger partial charge on any atom is -0.301 e. The SMILES string of the molecule is Cc1cc(C#N)ccc1[NH]. The van der Waals surface area contributed by atoms with Gasteiger partial charge in [0.1, 0.15) is 0 Å². The highest BCUT2D eigenvalue weighted by molar-refractivity contribution is 5.47. The minimum atomic E-state index is 0.485. The van der Waals surface area contributed by atoms with Crippen LogP contribution in [-0.2, 0) is 0 Å². The first-order valence-electron chi connectivity index (χ1n) is 2.96. The molecule has 0 fully saturated rings. The van der Waals surface area contributed by atoms with E-state index in [0.29, 0.717) is 11.3 Å². The molecule has 2 nitrogen and oxygen atoms in total. The van der Waals surface area contributed by atoms with E-state index in [0.717, 1.165) is 5.56 Å². The molecule has 1 aromatic carbocycles. The maximum Gasteiger partial charge on any atom is 0.0991 e. The molecule has 0 spiro atoms. The van der Waals surface area contributed by atoms with Crippen LogP contribution < -0.4 is 5.73 Å². The summed E-state index contributed by atoms with van der Waals surface area (Å²) in [6, 6.07) is 7.00. The van der Waals surface area contributed by atoms with E-state index in [9.17, 15) is 0 Å². The van der Waals surface area contributed by atoms with Crippen molar-refractivity contribution in [1.29, 1.82) is 5.26 Å². The summed E-state index contributed by atoms with van der Waals surface area (Å²) in [5.74, 6) is 0. The van der Waals surface area contributed by atoms with Crippen molar-refractivity contribution in [3.05, 3.63) is 29.3 Å². The third kappa shape index (κ3) is 1.08. The van der Waals surface area contributed by atoms with E-state index in [2.05, 4.69) is 0 Å². The standard InChI is InChI=1S/C8H7N2/c1-6-4-7(5-9)2-3-8(6)10/h2-4,10H,1H3. The number of nitrogens with zero attached hydrogens (tertiary/aromatic N) is 1. The second-order valence-electron chi connectivity index (χ2n) is 2.14. The van der Waals surface area contributed by atoms with E-state index in [1.165, 1.54) is 0 Å². The molecule has 10 heavy (non-hydrogen) atoms. The second kappa shape index (κ2) is 2.40. The van der Waals surface area contributed by atoms with Gasteiger partial charge in [0.15, 0.2) is 0 Å². The molecule has 0 bridgehead atoms.